The van der Waals surface area contributed by atoms with E-state index >= 15 is 0 Å². The number of hydrogen-bond acceptors (Lipinski definition) is 3. The van der Waals surface area contributed by atoms with Gasteiger partial charge in [-0.1, -0.05) is 30.3 Å². The highest BCUT2D eigenvalue weighted by Crippen LogP contribution is 2.30. The van der Waals surface area contributed by atoms with E-state index in [1.165, 1.54) is 18.4 Å². The molecule has 1 aliphatic carbocycles. The van der Waals surface area contributed by atoms with E-state index in [1.54, 1.807) is 9.58 Å². The monoisotopic (exact) mass is 383 g/mol. The van der Waals surface area contributed by atoms with Gasteiger partial charge in [0.2, 0.25) is 0 Å². The standard InChI is InChI=1S/C21H29N5O2/c1-24(20(27)22-13-11-16-5-3-2-4-6-16)18-9-10-19-23-26(15-17-7-8-17)21(28)25(19)14-12-18/h2-6,17-18H,7-15H2,1H3,(H,22,27). The Kier molecular flexibility index (Phi) is 5.50. The fourth-order valence-corrected chi connectivity index (χ4v) is 3.91. The third kappa shape index (κ3) is 4.29. The predicted molar refractivity (Wildman–Crippen MR) is 107 cm³/mol. The van der Waals surface area contributed by atoms with Crippen LogP contribution in [0, 0.1) is 5.92 Å². The van der Waals surface area contributed by atoms with Crippen molar-refractivity contribution in [3.8, 4) is 0 Å². The third-order valence-electron chi connectivity index (χ3n) is 5.92. The molecule has 1 unspecified atom stereocenters. The van der Waals surface area contributed by atoms with E-state index in [9.17, 15) is 9.59 Å². The Labute approximate surface area is 165 Å². The molecule has 2 amide bonds. The number of amides is 2. The molecule has 0 bridgehead atoms. The Morgan fingerprint density at radius 2 is 2.00 bits per heavy atom. The van der Waals surface area contributed by atoms with E-state index in [-0.39, 0.29) is 17.8 Å². The lowest BCUT2D eigenvalue weighted by Gasteiger charge is -2.27. The number of rotatable bonds is 6. The van der Waals surface area contributed by atoms with Crippen LogP contribution >= 0.6 is 0 Å². The Balaban J connectivity index is 1.29. The van der Waals surface area contributed by atoms with Crippen molar-refractivity contribution in [3.63, 3.8) is 0 Å². The number of aryl methyl sites for hydroxylation is 1. The summed E-state index contributed by atoms with van der Waals surface area (Å²) in [5.41, 5.74) is 1.23. The summed E-state index contributed by atoms with van der Waals surface area (Å²) in [4.78, 5) is 26.9. The molecule has 0 saturated heterocycles. The van der Waals surface area contributed by atoms with Gasteiger partial charge < -0.3 is 10.2 Å². The molecule has 7 nitrogen and oxygen atoms in total. The first-order chi connectivity index (χ1) is 13.6. The lowest BCUT2D eigenvalue weighted by atomic mass is 10.1. The first-order valence-electron chi connectivity index (χ1n) is 10.3. The molecule has 1 aliphatic heterocycles. The number of nitrogens with zero attached hydrogens (tertiary/aromatic N) is 4. The summed E-state index contributed by atoms with van der Waals surface area (Å²) in [6, 6.07) is 10.2. The van der Waals surface area contributed by atoms with Crippen molar-refractivity contribution in [2.45, 2.75) is 57.7 Å². The molecule has 28 heavy (non-hydrogen) atoms. The Morgan fingerprint density at radius 3 is 2.75 bits per heavy atom. The van der Waals surface area contributed by atoms with Gasteiger partial charge in [0.1, 0.15) is 5.82 Å². The summed E-state index contributed by atoms with van der Waals surface area (Å²) < 4.78 is 3.46. The highest BCUT2D eigenvalue weighted by atomic mass is 16.2. The molecule has 0 spiro atoms. The van der Waals surface area contributed by atoms with Crippen LogP contribution in [0.5, 0.6) is 0 Å². The van der Waals surface area contributed by atoms with Gasteiger partial charge in [-0.15, -0.1) is 0 Å². The van der Waals surface area contributed by atoms with Crippen LogP contribution < -0.4 is 11.0 Å². The molecular formula is C21H29N5O2. The molecule has 1 fully saturated rings. The van der Waals surface area contributed by atoms with Crippen LogP contribution in [0.15, 0.2) is 35.1 Å². The SMILES string of the molecule is CN(C(=O)NCCc1ccccc1)C1CCc2nn(CC3CC3)c(=O)n2CC1. The maximum absolute atomic E-state index is 12.6. The average Bonchev–Trinajstić information content (AvgIpc) is 3.50. The van der Waals surface area contributed by atoms with E-state index in [2.05, 4.69) is 22.5 Å². The normalized spacial score (nSPS) is 19.0. The Bertz CT molecular complexity index is 869. The van der Waals surface area contributed by atoms with Gasteiger partial charge in [-0.05, 0) is 43.6 Å². The number of carbonyl (C=O) groups is 1. The van der Waals surface area contributed by atoms with E-state index in [4.69, 9.17) is 0 Å². The van der Waals surface area contributed by atoms with Crippen LogP contribution in [0.1, 0.15) is 37.1 Å². The highest BCUT2D eigenvalue weighted by Gasteiger charge is 2.28. The minimum atomic E-state index is -0.0494. The summed E-state index contributed by atoms with van der Waals surface area (Å²) >= 11 is 0. The van der Waals surface area contributed by atoms with Gasteiger partial charge >= 0.3 is 11.7 Å². The molecule has 2 aromatic rings. The lowest BCUT2D eigenvalue weighted by molar-refractivity contribution is 0.183. The topological polar surface area (TPSA) is 72.2 Å². The Hall–Kier alpha value is -2.57. The van der Waals surface area contributed by atoms with Crippen molar-refractivity contribution in [1.82, 2.24) is 24.6 Å². The van der Waals surface area contributed by atoms with Crippen molar-refractivity contribution in [3.05, 3.63) is 52.2 Å². The van der Waals surface area contributed by atoms with Crippen LogP contribution in [-0.2, 0) is 25.9 Å². The van der Waals surface area contributed by atoms with E-state index in [0.717, 1.165) is 38.1 Å². The zero-order chi connectivity index (χ0) is 19.5. The molecule has 2 aliphatic rings. The third-order valence-corrected chi connectivity index (χ3v) is 5.92. The number of carbonyl (C=O) groups excluding carboxylic acids is 1. The molecular weight excluding hydrogens is 354 g/mol. The number of hydrogen-bond donors (Lipinski definition) is 1. The molecule has 1 saturated carbocycles. The molecule has 4 rings (SSSR count). The minimum absolute atomic E-state index is 0.0116. The maximum atomic E-state index is 12.6. The number of urea groups is 1. The average molecular weight is 383 g/mol. The van der Waals surface area contributed by atoms with Gasteiger partial charge in [0.15, 0.2) is 0 Å². The predicted octanol–water partition coefficient (Wildman–Crippen LogP) is 2.04. The number of fused-ring (bicyclic) bond motifs is 1. The van der Waals surface area contributed by atoms with Gasteiger partial charge in [-0.2, -0.15) is 5.10 Å². The second-order valence-electron chi connectivity index (χ2n) is 8.04. The molecule has 7 heteroatoms. The Morgan fingerprint density at radius 1 is 1.21 bits per heavy atom. The van der Waals surface area contributed by atoms with Crippen LogP contribution in [0.4, 0.5) is 4.79 Å². The van der Waals surface area contributed by atoms with Gasteiger partial charge in [-0.25, -0.2) is 14.3 Å². The largest absolute Gasteiger partial charge is 0.345 e. The number of nitrogens with one attached hydrogen (secondary N) is 1. The van der Waals surface area contributed by atoms with Crippen LogP contribution in [-0.4, -0.2) is 44.9 Å². The van der Waals surface area contributed by atoms with Crippen molar-refractivity contribution < 1.29 is 4.79 Å². The number of benzene rings is 1. The zero-order valence-electron chi connectivity index (χ0n) is 16.5. The van der Waals surface area contributed by atoms with Gasteiger partial charge in [0, 0.05) is 39.1 Å². The fourth-order valence-electron chi connectivity index (χ4n) is 3.91. The summed E-state index contributed by atoms with van der Waals surface area (Å²) in [6.07, 6.45) is 5.59. The quantitative estimate of drug-likeness (QED) is 0.830. The van der Waals surface area contributed by atoms with Crippen molar-refractivity contribution >= 4 is 6.03 Å². The summed E-state index contributed by atoms with van der Waals surface area (Å²) in [7, 11) is 1.85. The van der Waals surface area contributed by atoms with Crippen LogP contribution in [0.2, 0.25) is 0 Å². The van der Waals surface area contributed by atoms with Gasteiger partial charge in [0.05, 0.1) is 0 Å². The first-order valence-corrected chi connectivity index (χ1v) is 10.3. The molecule has 2 heterocycles. The second-order valence-corrected chi connectivity index (χ2v) is 8.04. The lowest BCUT2D eigenvalue weighted by Crippen LogP contribution is -2.44. The van der Waals surface area contributed by atoms with Crippen molar-refractivity contribution in [1.29, 1.82) is 0 Å². The van der Waals surface area contributed by atoms with Crippen LogP contribution in [0.3, 0.4) is 0 Å². The molecule has 1 atom stereocenters. The second kappa shape index (κ2) is 8.20. The first kappa shape index (κ1) is 18.8. The summed E-state index contributed by atoms with van der Waals surface area (Å²) in [6.45, 7) is 2.00. The van der Waals surface area contributed by atoms with E-state index < -0.39 is 0 Å². The van der Waals surface area contributed by atoms with Gasteiger partial charge in [0.25, 0.3) is 0 Å². The molecule has 1 N–H and O–H groups in total. The van der Waals surface area contributed by atoms with Crippen molar-refractivity contribution in [2.75, 3.05) is 13.6 Å². The zero-order valence-corrected chi connectivity index (χ0v) is 16.5. The van der Waals surface area contributed by atoms with Crippen LogP contribution in [0.25, 0.3) is 0 Å². The molecule has 0 radical (unpaired) electrons. The number of aromatic nitrogens is 3. The molecule has 1 aromatic heterocycles. The van der Waals surface area contributed by atoms with Crippen molar-refractivity contribution in [2.24, 2.45) is 5.92 Å². The van der Waals surface area contributed by atoms with E-state index in [1.807, 2.05) is 29.8 Å². The van der Waals surface area contributed by atoms with Gasteiger partial charge in [-0.3, -0.25) is 4.57 Å². The highest BCUT2D eigenvalue weighted by molar-refractivity contribution is 5.74. The smallest absolute Gasteiger partial charge is 0.338 e. The fraction of sp³-hybridized carbons (Fsp3) is 0.571. The molecule has 1 aromatic carbocycles. The van der Waals surface area contributed by atoms with E-state index in [0.29, 0.717) is 19.0 Å². The molecule has 150 valence electrons. The minimum Gasteiger partial charge on any atom is -0.338 e. The maximum Gasteiger partial charge on any atom is 0.345 e. The summed E-state index contributed by atoms with van der Waals surface area (Å²) in [5, 5.41) is 7.57. The summed E-state index contributed by atoms with van der Waals surface area (Å²) in [5.74, 6) is 1.50.